The van der Waals surface area contributed by atoms with Crippen LogP contribution in [0.1, 0.15) is 50.2 Å². The molecule has 1 aromatic rings. The molecule has 0 aliphatic heterocycles. The van der Waals surface area contributed by atoms with Crippen molar-refractivity contribution in [2.75, 3.05) is 13.1 Å². The van der Waals surface area contributed by atoms with E-state index in [4.69, 9.17) is 0 Å². The summed E-state index contributed by atoms with van der Waals surface area (Å²) in [6.45, 7) is 0.655. The third-order valence-electron chi connectivity index (χ3n) is 4.03. The third-order valence-corrected chi connectivity index (χ3v) is 4.03. The standard InChI is InChI=1S/C17H26N2O2/c20-16(14-8-4-3-5-9-14)12-18-13-17(21)19-15-10-6-1-2-7-11-15/h3-5,8-9,15-16,18,20H,1-2,6-7,10-13H2,(H,19,21). The summed E-state index contributed by atoms with van der Waals surface area (Å²) in [6, 6.07) is 9.83. The summed E-state index contributed by atoms with van der Waals surface area (Å²) in [5.74, 6) is 0.0298. The lowest BCUT2D eigenvalue weighted by Gasteiger charge is -2.17. The van der Waals surface area contributed by atoms with Crippen LogP contribution in [0.15, 0.2) is 30.3 Å². The summed E-state index contributed by atoms with van der Waals surface area (Å²) < 4.78 is 0. The average molecular weight is 290 g/mol. The number of aliphatic hydroxyl groups excluding tert-OH is 1. The first-order valence-electron chi connectivity index (χ1n) is 7.99. The van der Waals surface area contributed by atoms with Gasteiger partial charge >= 0.3 is 0 Å². The fraction of sp³-hybridized carbons (Fsp3) is 0.588. The van der Waals surface area contributed by atoms with Crippen molar-refractivity contribution < 1.29 is 9.90 Å². The molecule has 116 valence electrons. The Kier molecular flexibility index (Phi) is 6.70. The van der Waals surface area contributed by atoms with Gasteiger partial charge in [0.2, 0.25) is 5.91 Å². The summed E-state index contributed by atoms with van der Waals surface area (Å²) in [5, 5.41) is 16.1. The van der Waals surface area contributed by atoms with Crippen LogP contribution in [0.5, 0.6) is 0 Å². The molecule has 3 N–H and O–H groups in total. The number of carbonyl (C=O) groups is 1. The van der Waals surface area contributed by atoms with Crippen LogP contribution in [-0.2, 0) is 4.79 Å². The smallest absolute Gasteiger partial charge is 0.234 e. The fourth-order valence-electron chi connectivity index (χ4n) is 2.82. The molecule has 0 heterocycles. The predicted octanol–water partition coefficient (Wildman–Crippen LogP) is 2.15. The quantitative estimate of drug-likeness (QED) is 0.704. The Hall–Kier alpha value is -1.39. The van der Waals surface area contributed by atoms with Crippen molar-refractivity contribution in [3.63, 3.8) is 0 Å². The van der Waals surface area contributed by atoms with E-state index in [1.54, 1.807) is 0 Å². The topological polar surface area (TPSA) is 61.4 Å². The summed E-state index contributed by atoms with van der Waals surface area (Å²) in [5.41, 5.74) is 0.870. The summed E-state index contributed by atoms with van der Waals surface area (Å²) in [7, 11) is 0. The lowest BCUT2D eigenvalue weighted by atomic mass is 10.1. The Bertz CT molecular complexity index is 414. The SMILES string of the molecule is O=C(CNCC(O)c1ccccc1)NC1CCCCCC1. The van der Waals surface area contributed by atoms with Crippen LogP contribution < -0.4 is 10.6 Å². The van der Waals surface area contributed by atoms with Crippen molar-refractivity contribution in [2.24, 2.45) is 0 Å². The zero-order chi connectivity index (χ0) is 14.9. The number of hydrogen-bond donors (Lipinski definition) is 3. The van der Waals surface area contributed by atoms with Crippen LogP contribution in [0.2, 0.25) is 0 Å². The van der Waals surface area contributed by atoms with Gasteiger partial charge in [0.25, 0.3) is 0 Å². The average Bonchev–Trinajstić information content (AvgIpc) is 2.76. The van der Waals surface area contributed by atoms with Gasteiger partial charge in [-0.1, -0.05) is 56.0 Å². The maximum Gasteiger partial charge on any atom is 0.234 e. The molecule has 1 aliphatic rings. The molecule has 4 heteroatoms. The van der Waals surface area contributed by atoms with E-state index in [1.807, 2.05) is 30.3 Å². The highest BCUT2D eigenvalue weighted by Gasteiger charge is 2.14. The van der Waals surface area contributed by atoms with Gasteiger partial charge in [-0.3, -0.25) is 4.79 Å². The predicted molar refractivity (Wildman–Crippen MR) is 83.9 cm³/mol. The van der Waals surface area contributed by atoms with Gasteiger partial charge in [0.05, 0.1) is 12.6 Å². The minimum atomic E-state index is -0.572. The Labute approximate surface area is 126 Å². The van der Waals surface area contributed by atoms with Gasteiger partial charge in [-0.25, -0.2) is 0 Å². The summed E-state index contributed by atoms with van der Waals surface area (Å²) in [4.78, 5) is 11.9. The van der Waals surface area contributed by atoms with Crippen LogP contribution in [-0.4, -0.2) is 30.1 Å². The van der Waals surface area contributed by atoms with Gasteiger partial charge in [-0.05, 0) is 18.4 Å². The minimum Gasteiger partial charge on any atom is -0.387 e. The highest BCUT2D eigenvalue weighted by molar-refractivity contribution is 5.78. The van der Waals surface area contributed by atoms with Crippen molar-refractivity contribution in [1.29, 1.82) is 0 Å². The number of benzene rings is 1. The van der Waals surface area contributed by atoms with Crippen LogP contribution in [0.4, 0.5) is 0 Å². The van der Waals surface area contributed by atoms with Gasteiger partial charge in [0.1, 0.15) is 0 Å². The zero-order valence-electron chi connectivity index (χ0n) is 12.6. The Balaban J connectivity index is 1.64. The highest BCUT2D eigenvalue weighted by atomic mass is 16.3. The maximum absolute atomic E-state index is 11.9. The van der Waals surface area contributed by atoms with Gasteiger partial charge in [0.15, 0.2) is 0 Å². The van der Waals surface area contributed by atoms with Crippen molar-refractivity contribution in [3.05, 3.63) is 35.9 Å². The van der Waals surface area contributed by atoms with Crippen molar-refractivity contribution >= 4 is 5.91 Å². The molecule has 1 unspecified atom stereocenters. The fourth-order valence-corrected chi connectivity index (χ4v) is 2.82. The first kappa shape index (κ1) is 16.0. The summed E-state index contributed by atoms with van der Waals surface area (Å²) in [6.07, 6.45) is 6.62. The minimum absolute atomic E-state index is 0.0298. The first-order valence-corrected chi connectivity index (χ1v) is 7.99. The second-order valence-corrected chi connectivity index (χ2v) is 5.81. The molecule has 0 radical (unpaired) electrons. The zero-order valence-corrected chi connectivity index (χ0v) is 12.6. The van der Waals surface area contributed by atoms with E-state index < -0.39 is 6.10 Å². The molecule has 1 saturated carbocycles. The number of amides is 1. The van der Waals surface area contributed by atoms with Gasteiger partial charge in [-0.15, -0.1) is 0 Å². The second kappa shape index (κ2) is 8.80. The molecular weight excluding hydrogens is 264 g/mol. The molecule has 0 saturated heterocycles. The Morgan fingerprint density at radius 2 is 1.81 bits per heavy atom. The molecule has 1 aromatic carbocycles. The molecule has 21 heavy (non-hydrogen) atoms. The van der Waals surface area contributed by atoms with Crippen molar-refractivity contribution in [3.8, 4) is 0 Å². The molecular formula is C17H26N2O2. The monoisotopic (exact) mass is 290 g/mol. The third kappa shape index (κ3) is 5.86. The molecule has 1 aliphatic carbocycles. The molecule has 1 amide bonds. The second-order valence-electron chi connectivity index (χ2n) is 5.81. The molecule has 2 rings (SSSR count). The van der Waals surface area contributed by atoms with Crippen molar-refractivity contribution in [2.45, 2.75) is 50.7 Å². The van der Waals surface area contributed by atoms with Crippen LogP contribution in [0.25, 0.3) is 0 Å². The van der Waals surface area contributed by atoms with E-state index in [1.165, 1.54) is 25.7 Å². The van der Waals surface area contributed by atoms with Gasteiger partial charge in [-0.2, -0.15) is 0 Å². The Morgan fingerprint density at radius 3 is 2.48 bits per heavy atom. The number of rotatable bonds is 6. The van der Waals surface area contributed by atoms with Gasteiger partial charge < -0.3 is 15.7 Å². The van der Waals surface area contributed by atoms with Crippen LogP contribution in [0, 0.1) is 0 Å². The van der Waals surface area contributed by atoms with E-state index in [0.29, 0.717) is 12.6 Å². The highest BCUT2D eigenvalue weighted by Crippen LogP contribution is 2.17. The largest absolute Gasteiger partial charge is 0.387 e. The van der Waals surface area contributed by atoms with E-state index in [9.17, 15) is 9.90 Å². The molecule has 0 bridgehead atoms. The molecule has 0 spiro atoms. The lowest BCUT2D eigenvalue weighted by Crippen LogP contribution is -2.41. The number of hydrogen-bond acceptors (Lipinski definition) is 3. The van der Waals surface area contributed by atoms with E-state index >= 15 is 0 Å². The normalized spacial score (nSPS) is 18.0. The maximum atomic E-state index is 11.9. The molecule has 1 fully saturated rings. The molecule has 1 atom stereocenters. The first-order chi connectivity index (χ1) is 10.3. The molecule has 4 nitrogen and oxygen atoms in total. The number of nitrogens with one attached hydrogen (secondary N) is 2. The van der Waals surface area contributed by atoms with E-state index in [2.05, 4.69) is 10.6 Å². The lowest BCUT2D eigenvalue weighted by molar-refractivity contribution is -0.121. The van der Waals surface area contributed by atoms with E-state index in [-0.39, 0.29) is 12.5 Å². The van der Waals surface area contributed by atoms with Crippen LogP contribution >= 0.6 is 0 Å². The Morgan fingerprint density at radius 1 is 1.14 bits per heavy atom. The van der Waals surface area contributed by atoms with Crippen LogP contribution in [0.3, 0.4) is 0 Å². The summed E-state index contributed by atoms with van der Waals surface area (Å²) >= 11 is 0. The van der Waals surface area contributed by atoms with E-state index in [0.717, 1.165) is 18.4 Å². The van der Waals surface area contributed by atoms with Crippen molar-refractivity contribution in [1.82, 2.24) is 10.6 Å². The number of carbonyl (C=O) groups excluding carboxylic acids is 1. The number of aliphatic hydroxyl groups is 1. The molecule has 0 aromatic heterocycles. The van der Waals surface area contributed by atoms with Gasteiger partial charge in [0, 0.05) is 12.6 Å².